The molecule has 0 unspecified atom stereocenters. The molecular weight excluding hydrogens is 358 g/mol. The second kappa shape index (κ2) is 6.10. The summed E-state index contributed by atoms with van der Waals surface area (Å²) in [5.74, 6) is 0.0930. The van der Waals surface area contributed by atoms with Crippen molar-refractivity contribution in [2.75, 3.05) is 5.32 Å². The van der Waals surface area contributed by atoms with Gasteiger partial charge in [-0.2, -0.15) is 0 Å². The van der Waals surface area contributed by atoms with Crippen molar-refractivity contribution < 1.29 is 9.85 Å². The summed E-state index contributed by atoms with van der Waals surface area (Å²) in [5.41, 5.74) is 1.85. The van der Waals surface area contributed by atoms with Gasteiger partial charge in [0, 0.05) is 34.7 Å². The van der Waals surface area contributed by atoms with Gasteiger partial charge in [-0.1, -0.05) is 35.9 Å². The van der Waals surface area contributed by atoms with Gasteiger partial charge in [0.2, 0.25) is 0 Å². The van der Waals surface area contributed by atoms with E-state index in [0.29, 0.717) is 16.3 Å². The third-order valence-corrected chi connectivity index (χ3v) is 5.44. The Hall–Kier alpha value is -2.93. The van der Waals surface area contributed by atoms with E-state index in [4.69, 9.17) is 11.6 Å². The normalized spacial score (nSPS) is 23.0. The molecule has 26 heavy (non-hydrogen) atoms. The maximum Gasteiger partial charge on any atom is 0.292 e. The minimum Gasteiger partial charge on any atom is -0.372 e. The third-order valence-electron chi connectivity index (χ3n) is 5.10. The summed E-state index contributed by atoms with van der Waals surface area (Å²) in [7, 11) is 0. The number of halogens is 1. The minimum atomic E-state index is -0.469. The van der Waals surface area contributed by atoms with E-state index >= 15 is 0 Å². The molecular formula is C18H14ClN3O4. The van der Waals surface area contributed by atoms with E-state index in [9.17, 15) is 20.2 Å². The highest BCUT2D eigenvalue weighted by molar-refractivity contribution is 6.31. The van der Waals surface area contributed by atoms with E-state index in [1.807, 2.05) is 18.2 Å². The number of rotatable bonds is 3. The number of hydrogen-bond donors (Lipinski definition) is 1. The lowest BCUT2D eigenvalue weighted by Crippen LogP contribution is -2.29. The molecule has 1 aliphatic heterocycles. The first-order chi connectivity index (χ1) is 12.5. The van der Waals surface area contributed by atoms with Crippen molar-refractivity contribution in [2.24, 2.45) is 5.92 Å². The molecule has 7 nitrogen and oxygen atoms in total. The Bertz CT molecular complexity index is 959. The van der Waals surface area contributed by atoms with Crippen LogP contribution in [0.1, 0.15) is 29.5 Å². The van der Waals surface area contributed by atoms with Crippen molar-refractivity contribution in [1.82, 2.24) is 0 Å². The Morgan fingerprint density at radius 3 is 2.62 bits per heavy atom. The molecule has 0 spiro atoms. The number of nitrogens with zero attached hydrogens (tertiary/aromatic N) is 2. The molecule has 0 bridgehead atoms. The van der Waals surface area contributed by atoms with Gasteiger partial charge in [-0.15, -0.1) is 0 Å². The molecule has 1 heterocycles. The van der Waals surface area contributed by atoms with Gasteiger partial charge in [-0.05, 0) is 24.0 Å². The van der Waals surface area contributed by atoms with Crippen LogP contribution in [0.15, 0.2) is 48.6 Å². The summed E-state index contributed by atoms with van der Waals surface area (Å²) >= 11 is 6.34. The molecule has 2 aromatic rings. The lowest BCUT2D eigenvalue weighted by atomic mass is 9.76. The molecule has 2 aromatic carbocycles. The molecule has 0 saturated heterocycles. The third kappa shape index (κ3) is 2.52. The predicted octanol–water partition coefficient (Wildman–Crippen LogP) is 4.98. The Morgan fingerprint density at radius 1 is 1.08 bits per heavy atom. The molecule has 2 aliphatic rings. The number of para-hydroxylation sites is 1. The van der Waals surface area contributed by atoms with E-state index in [-0.39, 0.29) is 29.3 Å². The number of non-ortho nitro benzene ring substituents is 1. The van der Waals surface area contributed by atoms with Gasteiger partial charge in [0.05, 0.1) is 15.9 Å². The number of nitro benzene ring substituents is 2. The summed E-state index contributed by atoms with van der Waals surface area (Å²) in [6.07, 6.45) is 4.86. The molecule has 0 radical (unpaired) electrons. The van der Waals surface area contributed by atoms with Crippen molar-refractivity contribution in [3.63, 3.8) is 0 Å². The lowest BCUT2D eigenvalue weighted by molar-refractivity contribution is -0.384. The summed E-state index contributed by atoms with van der Waals surface area (Å²) < 4.78 is 0. The fraction of sp³-hybridized carbons (Fsp3) is 0.222. The Kier molecular flexibility index (Phi) is 3.88. The van der Waals surface area contributed by atoms with Gasteiger partial charge in [0.1, 0.15) is 5.69 Å². The van der Waals surface area contributed by atoms with Crippen molar-refractivity contribution in [2.45, 2.75) is 18.4 Å². The van der Waals surface area contributed by atoms with Gasteiger partial charge >= 0.3 is 0 Å². The molecule has 8 heteroatoms. The second-order valence-corrected chi connectivity index (χ2v) is 6.84. The average Bonchev–Trinajstić information content (AvgIpc) is 3.10. The van der Waals surface area contributed by atoms with Crippen molar-refractivity contribution in [3.05, 3.63) is 84.9 Å². The van der Waals surface area contributed by atoms with Crippen LogP contribution in [0.4, 0.5) is 17.1 Å². The highest BCUT2D eigenvalue weighted by atomic mass is 35.5. The van der Waals surface area contributed by atoms with E-state index in [1.165, 1.54) is 24.3 Å². The Balaban J connectivity index is 1.86. The van der Waals surface area contributed by atoms with Crippen molar-refractivity contribution >= 4 is 28.7 Å². The number of hydrogen-bond acceptors (Lipinski definition) is 5. The molecule has 1 N–H and O–H groups in total. The zero-order chi connectivity index (χ0) is 18.4. The fourth-order valence-corrected chi connectivity index (χ4v) is 4.18. The van der Waals surface area contributed by atoms with Crippen LogP contribution in [0, 0.1) is 26.1 Å². The molecule has 1 aliphatic carbocycles. The van der Waals surface area contributed by atoms with Crippen LogP contribution in [0.2, 0.25) is 5.02 Å². The predicted molar refractivity (Wildman–Crippen MR) is 97.6 cm³/mol. The highest BCUT2D eigenvalue weighted by Gasteiger charge is 2.41. The first-order valence-corrected chi connectivity index (χ1v) is 8.49. The summed E-state index contributed by atoms with van der Waals surface area (Å²) in [4.78, 5) is 21.7. The second-order valence-electron chi connectivity index (χ2n) is 6.44. The summed E-state index contributed by atoms with van der Waals surface area (Å²) in [6, 6.07) is 8.98. The maximum atomic E-state index is 11.5. The van der Waals surface area contributed by atoms with Gasteiger partial charge in [0.25, 0.3) is 11.4 Å². The largest absolute Gasteiger partial charge is 0.372 e. The standard InChI is InChI=1S/C18H14ClN3O4/c19-15-8-7-10(21(23)24)9-14(15)17-12-4-1-3-11(12)13-5-2-6-16(22(25)26)18(13)20-17/h1-3,5-9,11-12,17,20H,4H2/t11-,12+,17+/m0/s1. The minimum absolute atomic E-state index is 0.00600. The van der Waals surface area contributed by atoms with Crippen LogP contribution in [0.5, 0.6) is 0 Å². The number of benzene rings is 2. The van der Waals surface area contributed by atoms with Gasteiger partial charge in [-0.3, -0.25) is 20.2 Å². The smallest absolute Gasteiger partial charge is 0.292 e. The van der Waals surface area contributed by atoms with Gasteiger partial charge in [0.15, 0.2) is 0 Å². The fourth-order valence-electron chi connectivity index (χ4n) is 3.95. The topological polar surface area (TPSA) is 98.3 Å². The number of nitro groups is 2. The zero-order valence-electron chi connectivity index (χ0n) is 13.5. The molecule has 4 rings (SSSR count). The Morgan fingerprint density at radius 2 is 1.88 bits per heavy atom. The average molecular weight is 372 g/mol. The molecule has 132 valence electrons. The zero-order valence-corrected chi connectivity index (χ0v) is 14.2. The van der Waals surface area contributed by atoms with E-state index < -0.39 is 9.85 Å². The molecule has 0 saturated carbocycles. The SMILES string of the molecule is O=[N+]([O-])c1ccc(Cl)c([C@@H]2Nc3c(cccc3[N+](=O)[O-])[C@H]3C=CC[C@H]32)c1. The van der Waals surface area contributed by atoms with Crippen LogP contribution in [0.25, 0.3) is 0 Å². The monoisotopic (exact) mass is 371 g/mol. The van der Waals surface area contributed by atoms with E-state index in [2.05, 4.69) is 5.32 Å². The summed E-state index contributed by atoms with van der Waals surface area (Å²) in [6.45, 7) is 0. The van der Waals surface area contributed by atoms with Crippen LogP contribution >= 0.6 is 11.6 Å². The van der Waals surface area contributed by atoms with Gasteiger partial charge < -0.3 is 5.32 Å². The van der Waals surface area contributed by atoms with Crippen LogP contribution < -0.4 is 5.32 Å². The highest BCUT2D eigenvalue weighted by Crippen LogP contribution is 2.53. The molecule has 0 aromatic heterocycles. The van der Waals surface area contributed by atoms with E-state index in [0.717, 1.165) is 12.0 Å². The molecule has 0 fully saturated rings. The number of fused-ring (bicyclic) bond motifs is 3. The van der Waals surface area contributed by atoms with Crippen LogP contribution in [-0.4, -0.2) is 9.85 Å². The number of allylic oxidation sites excluding steroid dienone is 2. The summed E-state index contributed by atoms with van der Waals surface area (Å²) in [5, 5.41) is 26.3. The van der Waals surface area contributed by atoms with E-state index in [1.54, 1.807) is 6.07 Å². The maximum absolute atomic E-state index is 11.5. The number of anilines is 1. The number of nitrogens with one attached hydrogen (secondary N) is 1. The first kappa shape index (κ1) is 16.5. The van der Waals surface area contributed by atoms with Crippen molar-refractivity contribution in [3.8, 4) is 0 Å². The van der Waals surface area contributed by atoms with Gasteiger partial charge in [-0.25, -0.2) is 0 Å². The van der Waals surface area contributed by atoms with Crippen LogP contribution in [0.3, 0.4) is 0 Å². The quantitative estimate of drug-likeness (QED) is 0.466. The molecule has 0 amide bonds. The van der Waals surface area contributed by atoms with Crippen LogP contribution in [-0.2, 0) is 0 Å². The Labute approximate surface area is 153 Å². The van der Waals surface area contributed by atoms with Crippen molar-refractivity contribution in [1.29, 1.82) is 0 Å². The first-order valence-electron chi connectivity index (χ1n) is 8.11. The lowest BCUT2D eigenvalue weighted by Gasteiger charge is -2.37. The molecule has 3 atom stereocenters.